The molecular formula is C30H31N3O3. The number of fused-ring (bicyclic) bond motifs is 1. The molecule has 0 bridgehead atoms. The Labute approximate surface area is 212 Å². The predicted octanol–water partition coefficient (Wildman–Crippen LogP) is 5.82. The molecule has 6 heteroatoms. The molecule has 1 atom stereocenters. The molecule has 0 aromatic heterocycles. The first-order valence-corrected chi connectivity index (χ1v) is 12.1. The average Bonchev–Trinajstić information content (AvgIpc) is 2.85. The molecule has 3 aromatic carbocycles. The smallest absolute Gasteiger partial charge is 0.251 e. The van der Waals surface area contributed by atoms with E-state index in [1.54, 1.807) is 30.3 Å². The standard InChI is InChI=1S/C30H31N3O3/c1-19(2)23-13-10-22(11-14-23)12-16-29(35)33-26-8-6-5-7-25(26)32-30(36)27(33)18-28(34)31-24-15-9-20(3)21(4)17-24/h5-17,19,27H,18H2,1-4H3,(H,31,34)(H,32,36)/b16-12+. The Hall–Kier alpha value is -4.19. The highest BCUT2D eigenvalue weighted by Gasteiger charge is 2.37. The molecule has 1 unspecified atom stereocenters. The zero-order valence-corrected chi connectivity index (χ0v) is 21.0. The van der Waals surface area contributed by atoms with E-state index < -0.39 is 11.9 Å². The molecule has 184 valence electrons. The van der Waals surface area contributed by atoms with Crippen LogP contribution in [-0.2, 0) is 14.4 Å². The van der Waals surface area contributed by atoms with Crippen molar-refractivity contribution in [1.29, 1.82) is 0 Å². The largest absolute Gasteiger partial charge is 0.326 e. The van der Waals surface area contributed by atoms with Gasteiger partial charge in [-0.1, -0.05) is 56.3 Å². The predicted molar refractivity (Wildman–Crippen MR) is 145 cm³/mol. The molecule has 0 fully saturated rings. The first-order valence-electron chi connectivity index (χ1n) is 12.1. The van der Waals surface area contributed by atoms with Gasteiger partial charge in [0.1, 0.15) is 6.04 Å². The van der Waals surface area contributed by atoms with Crippen molar-refractivity contribution in [2.75, 3.05) is 15.5 Å². The topological polar surface area (TPSA) is 78.5 Å². The van der Waals surface area contributed by atoms with E-state index in [2.05, 4.69) is 24.5 Å². The van der Waals surface area contributed by atoms with Gasteiger partial charge in [0.25, 0.3) is 5.91 Å². The summed E-state index contributed by atoms with van der Waals surface area (Å²) in [5.41, 5.74) is 6.03. The number of hydrogen-bond donors (Lipinski definition) is 2. The minimum atomic E-state index is -0.980. The van der Waals surface area contributed by atoms with Crippen LogP contribution < -0.4 is 15.5 Å². The quantitative estimate of drug-likeness (QED) is 0.435. The van der Waals surface area contributed by atoms with Gasteiger partial charge in [-0.3, -0.25) is 19.3 Å². The molecule has 0 aliphatic carbocycles. The van der Waals surface area contributed by atoms with Gasteiger partial charge in [-0.2, -0.15) is 0 Å². The molecule has 6 nitrogen and oxygen atoms in total. The van der Waals surface area contributed by atoms with Gasteiger partial charge in [-0.25, -0.2) is 0 Å². The molecule has 0 saturated heterocycles. The lowest BCUT2D eigenvalue weighted by molar-refractivity contribution is -0.124. The van der Waals surface area contributed by atoms with Crippen LogP contribution in [0.4, 0.5) is 17.1 Å². The number of hydrogen-bond acceptors (Lipinski definition) is 3. The van der Waals surface area contributed by atoms with Crippen molar-refractivity contribution in [3.05, 3.63) is 95.1 Å². The number of carbonyl (C=O) groups is 3. The molecule has 3 aromatic rings. The Morgan fingerprint density at radius 2 is 1.72 bits per heavy atom. The fourth-order valence-electron chi connectivity index (χ4n) is 4.19. The summed E-state index contributed by atoms with van der Waals surface area (Å²) in [4.78, 5) is 40.8. The highest BCUT2D eigenvalue weighted by atomic mass is 16.2. The number of nitrogens with zero attached hydrogens (tertiary/aromatic N) is 1. The lowest BCUT2D eigenvalue weighted by Crippen LogP contribution is -2.52. The maximum atomic E-state index is 13.4. The van der Waals surface area contributed by atoms with Crippen molar-refractivity contribution in [1.82, 2.24) is 0 Å². The van der Waals surface area contributed by atoms with Gasteiger partial charge in [0.2, 0.25) is 11.8 Å². The summed E-state index contributed by atoms with van der Waals surface area (Å²) >= 11 is 0. The third-order valence-corrected chi connectivity index (χ3v) is 6.46. The molecule has 1 aliphatic rings. The number of rotatable bonds is 6. The Balaban J connectivity index is 1.57. The average molecular weight is 482 g/mol. The maximum Gasteiger partial charge on any atom is 0.251 e. The lowest BCUT2D eigenvalue weighted by Gasteiger charge is -2.35. The molecule has 1 heterocycles. The van der Waals surface area contributed by atoms with Crippen LogP contribution in [0, 0.1) is 13.8 Å². The summed E-state index contributed by atoms with van der Waals surface area (Å²) in [6.07, 6.45) is 3.01. The van der Waals surface area contributed by atoms with E-state index >= 15 is 0 Å². The fraction of sp³-hybridized carbons (Fsp3) is 0.233. The van der Waals surface area contributed by atoms with Crippen LogP contribution in [-0.4, -0.2) is 23.8 Å². The second-order valence-corrected chi connectivity index (χ2v) is 9.44. The highest BCUT2D eigenvalue weighted by Crippen LogP contribution is 2.33. The second-order valence-electron chi connectivity index (χ2n) is 9.44. The van der Waals surface area contributed by atoms with Gasteiger partial charge in [-0.05, 0) is 72.4 Å². The van der Waals surface area contributed by atoms with E-state index in [-0.39, 0.29) is 18.2 Å². The van der Waals surface area contributed by atoms with Crippen molar-refractivity contribution in [3.8, 4) is 0 Å². The van der Waals surface area contributed by atoms with E-state index in [0.717, 1.165) is 16.7 Å². The number of benzene rings is 3. The second kappa shape index (κ2) is 10.6. The minimum Gasteiger partial charge on any atom is -0.326 e. The zero-order valence-electron chi connectivity index (χ0n) is 21.0. The third-order valence-electron chi connectivity index (χ3n) is 6.46. The van der Waals surface area contributed by atoms with Crippen LogP contribution >= 0.6 is 0 Å². The summed E-state index contributed by atoms with van der Waals surface area (Å²) in [6.45, 7) is 8.23. The van der Waals surface area contributed by atoms with E-state index in [0.29, 0.717) is 23.0 Å². The maximum absolute atomic E-state index is 13.4. The molecule has 0 saturated carbocycles. The molecule has 0 radical (unpaired) electrons. The SMILES string of the molecule is Cc1ccc(NC(=O)CC2C(=O)Nc3ccccc3N2C(=O)/C=C/c2ccc(C(C)C)cc2)cc1C. The van der Waals surface area contributed by atoms with Crippen LogP contribution in [0.15, 0.2) is 72.8 Å². The number of amides is 3. The van der Waals surface area contributed by atoms with E-state index in [1.807, 2.05) is 56.3 Å². The summed E-state index contributed by atoms with van der Waals surface area (Å²) in [5.74, 6) is -0.686. The van der Waals surface area contributed by atoms with E-state index in [1.165, 1.54) is 16.5 Å². The number of aryl methyl sites for hydroxylation is 2. The molecule has 3 amide bonds. The van der Waals surface area contributed by atoms with Crippen molar-refractivity contribution < 1.29 is 14.4 Å². The summed E-state index contributed by atoms with van der Waals surface area (Å²) in [5, 5.41) is 5.69. The number of nitrogens with one attached hydrogen (secondary N) is 2. The van der Waals surface area contributed by atoms with Crippen molar-refractivity contribution in [2.45, 2.75) is 46.1 Å². The monoisotopic (exact) mass is 481 g/mol. The van der Waals surface area contributed by atoms with Crippen LogP contribution in [0.5, 0.6) is 0 Å². The van der Waals surface area contributed by atoms with Crippen LogP contribution in [0.25, 0.3) is 6.08 Å². The zero-order chi connectivity index (χ0) is 25.8. The van der Waals surface area contributed by atoms with Crippen LogP contribution in [0.2, 0.25) is 0 Å². The van der Waals surface area contributed by atoms with Gasteiger partial charge in [-0.15, -0.1) is 0 Å². The summed E-state index contributed by atoms with van der Waals surface area (Å²) < 4.78 is 0. The van der Waals surface area contributed by atoms with E-state index in [9.17, 15) is 14.4 Å². The van der Waals surface area contributed by atoms with Gasteiger partial charge in [0.05, 0.1) is 17.8 Å². The van der Waals surface area contributed by atoms with E-state index in [4.69, 9.17) is 0 Å². The summed E-state index contributed by atoms with van der Waals surface area (Å²) in [7, 11) is 0. The Morgan fingerprint density at radius 1 is 1.00 bits per heavy atom. The minimum absolute atomic E-state index is 0.171. The summed E-state index contributed by atoms with van der Waals surface area (Å²) in [6, 6.07) is 19.8. The molecular weight excluding hydrogens is 450 g/mol. The molecule has 36 heavy (non-hydrogen) atoms. The molecule has 2 N–H and O–H groups in total. The van der Waals surface area contributed by atoms with Crippen LogP contribution in [0.3, 0.4) is 0 Å². The lowest BCUT2D eigenvalue weighted by atomic mass is 10.0. The third kappa shape index (κ3) is 5.54. The van der Waals surface area contributed by atoms with Crippen molar-refractivity contribution >= 4 is 40.9 Å². The van der Waals surface area contributed by atoms with Gasteiger partial charge >= 0.3 is 0 Å². The van der Waals surface area contributed by atoms with Crippen molar-refractivity contribution in [3.63, 3.8) is 0 Å². The van der Waals surface area contributed by atoms with Crippen molar-refractivity contribution in [2.24, 2.45) is 0 Å². The first-order chi connectivity index (χ1) is 17.2. The molecule has 0 spiro atoms. The Kier molecular flexibility index (Phi) is 7.34. The Bertz CT molecular complexity index is 1330. The fourth-order valence-corrected chi connectivity index (χ4v) is 4.19. The van der Waals surface area contributed by atoms with Crippen LogP contribution in [0.1, 0.15) is 48.4 Å². The first kappa shape index (κ1) is 24.9. The van der Waals surface area contributed by atoms with Gasteiger partial charge in [0, 0.05) is 11.8 Å². The normalized spacial score (nSPS) is 15.1. The highest BCUT2D eigenvalue weighted by molar-refractivity contribution is 6.16. The number of carbonyl (C=O) groups excluding carboxylic acids is 3. The Morgan fingerprint density at radius 3 is 2.42 bits per heavy atom. The number of para-hydroxylation sites is 2. The number of anilines is 3. The van der Waals surface area contributed by atoms with Gasteiger partial charge < -0.3 is 10.6 Å². The van der Waals surface area contributed by atoms with Gasteiger partial charge in [0.15, 0.2) is 0 Å². The molecule has 1 aliphatic heterocycles. The molecule has 4 rings (SSSR count).